The number of nitrogens with zero attached hydrogens (tertiary/aromatic N) is 4. The molecule has 0 radical (unpaired) electrons. The number of aliphatic hydroxyl groups excluding tert-OH is 1. The Balaban J connectivity index is 1.30. The summed E-state index contributed by atoms with van der Waals surface area (Å²) in [6.07, 6.45) is 6.45. The van der Waals surface area contributed by atoms with E-state index in [0.29, 0.717) is 51.0 Å². The van der Waals surface area contributed by atoms with Crippen LogP contribution >= 0.6 is 0 Å². The normalized spacial score (nSPS) is 22.7. The van der Waals surface area contributed by atoms with Gasteiger partial charge in [-0.1, -0.05) is 6.07 Å². The van der Waals surface area contributed by atoms with Gasteiger partial charge < -0.3 is 14.9 Å². The number of amides is 2. The molecule has 7 heteroatoms. The zero-order valence-corrected chi connectivity index (χ0v) is 16.4. The van der Waals surface area contributed by atoms with Gasteiger partial charge in [0.15, 0.2) is 0 Å². The molecule has 1 N–H and O–H groups in total. The predicted molar refractivity (Wildman–Crippen MR) is 107 cm³/mol. The van der Waals surface area contributed by atoms with Crippen LogP contribution in [0.15, 0.2) is 48.9 Å². The fraction of sp³-hybridized carbons (Fsp3) is 0.455. The lowest BCUT2D eigenvalue weighted by molar-refractivity contribution is -0.136. The van der Waals surface area contributed by atoms with Crippen molar-refractivity contribution in [3.05, 3.63) is 60.2 Å². The van der Waals surface area contributed by atoms with E-state index in [-0.39, 0.29) is 23.7 Å². The van der Waals surface area contributed by atoms with Crippen molar-refractivity contribution in [3.63, 3.8) is 0 Å². The van der Waals surface area contributed by atoms with E-state index in [1.807, 2.05) is 23.1 Å². The van der Waals surface area contributed by atoms with Crippen molar-refractivity contribution < 1.29 is 14.7 Å². The van der Waals surface area contributed by atoms with E-state index in [2.05, 4.69) is 9.97 Å². The second-order valence-electron chi connectivity index (χ2n) is 7.90. The molecule has 4 rings (SSSR count). The highest BCUT2D eigenvalue weighted by Gasteiger charge is 2.38. The second kappa shape index (κ2) is 8.69. The van der Waals surface area contributed by atoms with Crippen LogP contribution in [0.1, 0.15) is 28.9 Å². The minimum Gasteiger partial charge on any atom is -0.391 e. The summed E-state index contributed by atoms with van der Waals surface area (Å²) >= 11 is 0. The number of hydrogen-bond donors (Lipinski definition) is 1. The summed E-state index contributed by atoms with van der Waals surface area (Å²) in [4.78, 5) is 37.4. The van der Waals surface area contributed by atoms with Crippen molar-refractivity contribution in [1.29, 1.82) is 0 Å². The van der Waals surface area contributed by atoms with E-state index in [1.54, 1.807) is 35.6 Å². The summed E-state index contributed by atoms with van der Waals surface area (Å²) in [5.41, 5.74) is 1.57. The zero-order valence-electron chi connectivity index (χ0n) is 16.4. The summed E-state index contributed by atoms with van der Waals surface area (Å²) in [5, 5.41) is 10.4. The predicted octanol–water partition coefficient (Wildman–Crippen LogP) is 1.39. The van der Waals surface area contributed by atoms with Gasteiger partial charge >= 0.3 is 0 Å². The van der Waals surface area contributed by atoms with E-state index in [1.165, 1.54) is 0 Å². The Morgan fingerprint density at radius 2 is 1.76 bits per heavy atom. The summed E-state index contributed by atoms with van der Waals surface area (Å²) in [6.45, 7) is 2.09. The Morgan fingerprint density at radius 1 is 1.00 bits per heavy atom. The number of aliphatic hydroxyl groups is 1. The number of carbonyl (C=O) groups excluding carboxylic acids is 2. The lowest BCUT2D eigenvalue weighted by Crippen LogP contribution is -2.44. The van der Waals surface area contributed by atoms with Gasteiger partial charge in [0.05, 0.1) is 6.10 Å². The molecular formula is C22H26N4O3. The molecule has 2 atom stereocenters. The molecule has 0 aromatic carbocycles. The number of β-amino-alcohol motifs (C(OH)–C–C–N with tert-alkyl or cyclic N) is 1. The topological polar surface area (TPSA) is 86.6 Å². The molecule has 0 spiro atoms. The fourth-order valence-corrected chi connectivity index (χ4v) is 4.29. The Hall–Kier alpha value is -2.80. The molecule has 152 valence electrons. The Bertz CT molecular complexity index is 838. The molecule has 2 aliphatic rings. The molecule has 4 heterocycles. The number of pyridine rings is 2. The molecule has 2 fully saturated rings. The largest absolute Gasteiger partial charge is 0.391 e. The van der Waals surface area contributed by atoms with E-state index < -0.39 is 6.10 Å². The van der Waals surface area contributed by atoms with Gasteiger partial charge in [-0.15, -0.1) is 0 Å². The molecule has 0 bridgehead atoms. The van der Waals surface area contributed by atoms with Crippen molar-refractivity contribution in [3.8, 4) is 0 Å². The van der Waals surface area contributed by atoms with Crippen LogP contribution in [0.5, 0.6) is 0 Å². The summed E-state index contributed by atoms with van der Waals surface area (Å²) in [5.74, 6) is 0.0217. The first-order chi connectivity index (χ1) is 14.1. The van der Waals surface area contributed by atoms with Crippen LogP contribution in [0.3, 0.4) is 0 Å². The number of rotatable bonds is 4. The molecule has 0 aliphatic carbocycles. The molecule has 29 heavy (non-hydrogen) atoms. The first-order valence-electron chi connectivity index (χ1n) is 10.2. The Morgan fingerprint density at radius 3 is 2.45 bits per heavy atom. The molecule has 2 aromatic rings. The molecule has 2 aliphatic heterocycles. The van der Waals surface area contributed by atoms with Gasteiger partial charge in [-0.05, 0) is 43.5 Å². The zero-order chi connectivity index (χ0) is 20.2. The summed E-state index contributed by atoms with van der Waals surface area (Å²) in [7, 11) is 0. The molecule has 2 aromatic heterocycles. The lowest BCUT2D eigenvalue weighted by Gasteiger charge is -2.33. The quantitative estimate of drug-likeness (QED) is 0.847. The summed E-state index contributed by atoms with van der Waals surface area (Å²) < 4.78 is 0. The highest BCUT2D eigenvalue weighted by molar-refractivity contribution is 5.94. The van der Waals surface area contributed by atoms with E-state index in [4.69, 9.17) is 0 Å². The SMILES string of the molecule is O=C(c1ccncc1)N1CCC(C(=O)N2C[C@@H](Cc3ccccn3)[C@H](O)C2)CC1. The molecule has 7 nitrogen and oxygen atoms in total. The van der Waals surface area contributed by atoms with Gasteiger partial charge in [-0.3, -0.25) is 19.6 Å². The molecule has 2 amide bonds. The van der Waals surface area contributed by atoms with Crippen LogP contribution in [-0.4, -0.2) is 69.0 Å². The van der Waals surface area contributed by atoms with Crippen molar-refractivity contribution in [1.82, 2.24) is 19.8 Å². The number of hydrogen-bond acceptors (Lipinski definition) is 5. The van der Waals surface area contributed by atoms with Gasteiger partial charge in [0, 0.05) is 67.9 Å². The van der Waals surface area contributed by atoms with Crippen molar-refractivity contribution in [2.75, 3.05) is 26.2 Å². The number of piperidine rings is 1. The van der Waals surface area contributed by atoms with Gasteiger partial charge in [-0.25, -0.2) is 0 Å². The van der Waals surface area contributed by atoms with Crippen molar-refractivity contribution >= 4 is 11.8 Å². The standard InChI is InChI=1S/C22H26N4O3/c27-20-15-26(14-18(20)13-19-3-1-2-8-24-19)22(29)17-6-11-25(12-7-17)21(28)16-4-9-23-10-5-16/h1-5,8-10,17-18,20,27H,6-7,11-15H2/t18-,20-/m1/s1. The Labute approximate surface area is 170 Å². The maximum Gasteiger partial charge on any atom is 0.253 e. The van der Waals surface area contributed by atoms with Crippen LogP contribution in [0.4, 0.5) is 0 Å². The highest BCUT2D eigenvalue weighted by Crippen LogP contribution is 2.26. The molecular weight excluding hydrogens is 368 g/mol. The number of aromatic nitrogens is 2. The Kier molecular flexibility index (Phi) is 5.85. The smallest absolute Gasteiger partial charge is 0.253 e. The summed E-state index contributed by atoms with van der Waals surface area (Å²) in [6, 6.07) is 9.19. The maximum atomic E-state index is 13.0. The minimum absolute atomic E-state index is 0.00896. The molecule has 0 unspecified atom stereocenters. The minimum atomic E-state index is -0.519. The van der Waals surface area contributed by atoms with Crippen LogP contribution in [-0.2, 0) is 11.2 Å². The fourth-order valence-electron chi connectivity index (χ4n) is 4.29. The van der Waals surface area contributed by atoms with Gasteiger partial charge in [0.1, 0.15) is 0 Å². The van der Waals surface area contributed by atoms with Crippen LogP contribution in [0.2, 0.25) is 0 Å². The van der Waals surface area contributed by atoms with Crippen LogP contribution in [0.25, 0.3) is 0 Å². The molecule has 0 saturated carbocycles. The van der Waals surface area contributed by atoms with Gasteiger partial charge in [-0.2, -0.15) is 0 Å². The van der Waals surface area contributed by atoms with E-state index in [0.717, 1.165) is 5.69 Å². The molecule has 2 saturated heterocycles. The monoisotopic (exact) mass is 394 g/mol. The van der Waals surface area contributed by atoms with Crippen molar-refractivity contribution in [2.45, 2.75) is 25.4 Å². The van der Waals surface area contributed by atoms with E-state index >= 15 is 0 Å². The first kappa shape index (κ1) is 19.5. The number of likely N-dealkylation sites (tertiary alicyclic amines) is 2. The third kappa shape index (κ3) is 4.45. The van der Waals surface area contributed by atoms with Crippen molar-refractivity contribution in [2.24, 2.45) is 11.8 Å². The van der Waals surface area contributed by atoms with Crippen LogP contribution < -0.4 is 0 Å². The second-order valence-corrected chi connectivity index (χ2v) is 7.90. The highest BCUT2D eigenvalue weighted by atomic mass is 16.3. The third-order valence-corrected chi connectivity index (χ3v) is 5.97. The number of carbonyl (C=O) groups is 2. The lowest BCUT2D eigenvalue weighted by atomic mass is 9.94. The first-order valence-corrected chi connectivity index (χ1v) is 10.2. The average molecular weight is 394 g/mol. The third-order valence-electron chi connectivity index (χ3n) is 5.97. The van der Waals surface area contributed by atoms with E-state index in [9.17, 15) is 14.7 Å². The van der Waals surface area contributed by atoms with Crippen LogP contribution in [0, 0.1) is 11.8 Å². The average Bonchev–Trinajstić information content (AvgIpc) is 3.14. The maximum absolute atomic E-state index is 13.0. The van der Waals surface area contributed by atoms with Gasteiger partial charge in [0.25, 0.3) is 5.91 Å². The van der Waals surface area contributed by atoms with Gasteiger partial charge in [0.2, 0.25) is 5.91 Å².